The van der Waals surface area contributed by atoms with Gasteiger partial charge in [-0.25, -0.2) is 4.68 Å². The molecule has 1 heterocycles. The molecule has 0 saturated carbocycles. The Labute approximate surface area is 68.4 Å². The summed E-state index contributed by atoms with van der Waals surface area (Å²) in [4.78, 5) is 0. The van der Waals surface area contributed by atoms with Gasteiger partial charge in [-0.2, -0.15) is 10.5 Å². The standard InChI is InChI=1S/C6H6N6/c7-1-3-4(2-8)6(10)12(11)5(3)9/h9-11H2. The molecule has 60 valence electrons. The van der Waals surface area contributed by atoms with Crippen LogP contribution in [0.3, 0.4) is 0 Å². The van der Waals surface area contributed by atoms with E-state index in [9.17, 15) is 0 Å². The fourth-order valence-electron chi connectivity index (χ4n) is 0.853. The van der Waals surface area contributed by atoms with Gasteiger partial charge in [-0.05, 0) is 0 Å². The number of nitrogens with two attached hydrogens (primary N) is 3. The SMILES string of the molecule is N#Cc1c(C#N)c(N)n(N)c1N. The van der Waals surface area contributed by atoms with Gasteiger partial charge in [-0.3, -0.25) is 0 Å². The number of hydrogen-bond acceptors (Lipinski definition) is 5. The Kier molecular flexibility index (Phi) is 1.53. The van der Waals surface area contributed by atoms with Crippen LogP contribution in [0.15, 0.2) is 0 Å². The molecule has 0 atom stereocenters. The Morgan fingerprint density at radius 1 is 1.00 bits per heavy atom. The van der Waals surface area contributed by atoms with Crippen molar-refractivity contribution in [2.45, 2.75) is 0 Å². The zero-order valence-corrected chi connectivity index (χ0v) is 6.07. The van der Waals surface area contributed by atoms with Crippen LogP contribution in [0.5, 0.6) is 0 Å². The van der Waals surface area contributed by atoms with Crippen LogP contribution in [0.4, 0.5) is 11.6 Å². The van der Waals surface area contributed by atoms with Gasteiger partial charge in [0.1, 0.15) is 34.9 Å². The topological polar surface area (TPSA) is 131 Å². The summed E-state index contributed by atoms with van der Waals surface area (Å²) < 4.78 is 0.914. The number of nitrogen functional groups attached to an aromatic ring is 3. The minimum Gasteiger partial charge on any atom is -0.383 e. The van der Waals surface area contributed by atoms with Gasteiger partial charge in [0, 0.05) is 0 Å². The molecule has 1 rings (SSSR count). The summed E-state index contributed by atoms with van der Waals surface area (Å²) >= 11 is 0. The number of hydrogen-bond donors (Lipinski definition) is 3. The van der Waals surface area contributed by atoms with E-state index < -0.39 is 0 Å². The maximum Gasteiger partial charge on any atom is 0.143 e. The van der Waals surface area contributed by atoms with E-state index in [1.165, 1.54) is 0 Å². The maximum absolute atomic E-state index is 8.56. The monoisotopic (exact) mass is 162 g/mol. The molecule has 0 aliphatic heterocycles. The molecule has 1 aromatic rings. The predicted octanol–water partition coefficient (Wildman–Crippen LogP) is -0.890. The molecule has 0 fully saturated rings. The molecule has 0 spiro atoms. The molecule has 0 saturated heterocycles. The maximum atomic E-state index is 8.56. The summed E-state index contributed by atoms with van der Waals surface area (Å²) in [7, 11) is 0. The molecule has 0 aromatic carbocycles. The fourth-order valence-corrected chi connectivity index (χ4v) is 0.853. The van der Waals surface area contributed by atoms with Crippen molar-refractivity contribution in [2.24, 2.45) is 0 Å². The summed E-state index contributed by atoms with van der Waals surface area (Å²) in [5.41, 5.74) is 10.8. The third-order valence-electron chi connectivity index (χ3n) is 1.50. The molecule has 0 amide bonds. The number of nitriles is 2. The van der Waals surface area contributed by atoms with Crippen LogP contribution in [0.2, 0.25) is 0 Å². The molecule has 0 aliphatic carbocycles. The van der Waals surface area contributed by atoms with Gasteiger partial charge in [0.15, 0.2) is 0 Å². The Bertz CT molecular complexity index is 364. The number of anilines is 2. The Balaban J connectivity index is 3.61. The van der Waals surface area contributed by atoms with Gasteiger partial charge >= 0.3 is 0 Å². The van der Waals surface area contributed by atoms with Crippen LogP contribution < -0.4 is 17.3 Å². The van der Waals surface area contributed by atoms with E-state index in [0.29, 0.717) is 0 Å². The second-order valence-corrected chi connectivity index (χ2v) is 2.11. The van der Waals surface area contributed by atoms with Crippen molar-refractivity contribution in [3.05, 3.63) is 11.1 Å². The van der Waals surface area contributed by atoms with Crippen molar-refractivity contribution >= 4 is 11.6 Å². The Morgan fingerprint density at radius 2 is 1.33 bits per heavy atom. The third-order valence-corrected chi connectivity index (χ3v) is 1.50. The lowest BCUT2D eigenvalue weighted by Gasteiger charge is -1.96. The van der Waals surface area contributed by atoms with E-state index in [-0.39, 0.29) is 22.8 Å². The van der Waals surface area contributed by atoms with Crippen molar-refractivity contribution < 1.29 is 0 Å². The van der Waals surface area contributed by atoms with Gasteiger partial charge in [-0.15, -0.1) is 0 Å². The van der Waals surface area contributed by atoms with Gasteiger partial charge in [0.2, 0.25) is 0 Å². The van der Waals surface area contributed by atoms with Crippen molar-refractivity contribution in [1.29, 1.82) is 10.5 Å². The first kappa shape index (κ1) is 7.76. The highest BCUT2D eigenvalue weighted by atomic mass is 15.3. The van der Waals surface area contributed by atoms with Gasteiger partial charge in [0.05, 0.1) is 0 Å². The normalized spacial score (nSPS) is 8.83. The summed E-state index contributed by atoms with van der Waals surface area (Å²) in [5.74, 6) is 5.33. The molecule has 0 unspecified atom stereocenters. The van der Waals surface area contributed by atoms with Crippen LogP contribution >= 0.6 is 0 Å². The average molecular weight is 162 g/mol. The molecular formula is C6H6N6. The van der Waals surface area contributed by atoms with Crippen LogP contribution in [0.25, 0.3) is 0 Å². The second kappa shape index (κ2) is 2.36. The van der Waals surface area contributed by atoms with Crippen molar-refractivity contribution in [1.82, 2.24) is 4.68 Å². The highest BCUT2D eigenvalue weighted by Crippen LogP contribution is 2.22. The highest BCUT2D eigenvalue weighted by molar-refractivity contribution is 5.70. The van der Waals surface area contributed by atoms with E-state index in [0.717, 1.165) is 4.68 Å². The highest BCUT2D eigenvalue weighted by Gasteiger charge is 2.16. The molecule has 6 heteroatoms. The number of nitrogens with zero attached hydrogens (tertiary/aromatic N) is 3. The average Bonchev–Trinajstić information content (AvgIpc) is 2.29. The van der Waals surface area contributed by atoms with Gasteiger partial charge in [-0.1, -0.05) is 0 Å². The van der Waals surface area contributed by atoms with Crippen LogP contribution in [0.1, 0.15) is 11.1 Å². The minimum atomic E-state index is 0.00606. The summed E-state index contributed by atoms with van der Waals surface area (Å²) in [6.45, 7) is 0. The quantitative estimate of drug-likeness (QED) is 0.426. The third kappa shape index (κ3) is 0.724. The molecule has 0 bridgehead atoms. The van der Waals surface area contributed by atoms with E-state index in [1.807, 2.05) is 0 Å². The van der Waals surface area contributed by atoms with Crippen LogP contribution in [-0.2, 0) is 0 Å². The molecule has 0 radical (unpaired) electrons. The van der Waals surface area contributed by atoms with Crippen LogP contribution in [-0.4, -0.2) is 4.68 Å². The van der Waals surface area contributed by atoms with Gasteiger partial charge < -0.3 is 17.3 Å². The smallest absolute Gasteiger partial charge is 0.143 e. The fraction of sp³-hybridized carbons (Fsp3) is 0. The number of rotatable bonds is 0. The lowest BCUT2D eigenvalue weighted by Crippen LogP contribution is -2.14. The van der Waals surface area contributed by atoms with E-state index >= 15 is 0 Å². The molecule has 6 N–H and O–H groups in total. The van der Waals surface area contributed by atoms with E-state index in [2.05, 4.69) is 0 Å². The molecule has 6 nitrogen and oxygen atoms in total. The number of aromatic nitrogens is 1. The first-order valence-corrected chi connectivity index (χ1v) is 2.98. The first-order chi connectivity index (χ1) is 5.63. The summed E-state index contributed by atoms with van der Waals surface area (Å²) in [5, 5.41) is 17.1. The van der Waals surface area contributed by atoms with E-state index in [1.54, 1.807) is 12.1 Å². The predicted molar refractivity (Wildman–Crippen MR) is 42.8 cm³/mol. The van der Waals surface area contributed by atoms with Crippen molar-refractivity contribution in [3.63, 3.8) is 0 Å². The molecule has 1 aromatic heterocycles. The van der Waals surface area contributed by atoms with Crippen molar-refractivity contribution in [3.8, 4) is 12.1 Å². The molecular weight excluding hydrogens is 156 g/mol. The lowest BCUT2D eigenvalue weighted by molar-refractivity contribution is 1.04. The zero-order chi connectivity index (χ0) is 9.30. The summed E-state index contributed by atoms with van der Waals surface area (Å²) in [6, 6.07) is 3.50. The Hall–Kier alpha value is -2.34. The minimum absolute atomic E-state index is 0.00606. The molecule has 0 aliphatic rings. The van der Waals surface area contributed by atoms with E-state index in [4.69, 9.17) is 27.8 Å². The van der Waals surface area contributed by atoms with Crippen LogP contribution in [0, 0.1) is 22.7 Å². The Morgan fingerprint density at radius 3 is 1.58 bits per heavy atom. The first-order valence-electron chi connectivity index (χ1n) is 2.98. The second-order valence-electron chi connectivity index (χ2n) is 2.11. The van der Waals surface area contributed by atoms with Gasteiger partial charge in [0.25, 0.3) is 0 Å². The molecule has 12 heavy (non-hydrogen) atoms. The lowest BCUT2D eigenvalue weighted by atomic mass is 10.2. The zero-order valence-electron chi connectivity index (χ0n) is 6.07. The largest absolute Gasteiger partial charge is 0.383 e. The summed E-state index contributed by atoms with van der Waals surface area (Å²) in [6.07, 6.45) is 0. The van der Waals surface area contributed by atoms with Crippen molar-refractivity contribution in [2.75, 3.05) is 17.3 Å².